The highest BCUT2D eigenvalue weighted by Crippen LogP contribution is 2.19. The Balaban J connectivity index is 1.63. The van der Waals surface area contributed by atoms with Gasteiger partial charge in [-0.1, -0.05) is 30.3 Å². The molecule has 5 nitrogen and oxygen atoms in total. The van der Waals surface area contributed by atoms with Gasteiger partial charge >= 0.3 is 5.97 Å². The van der Waals surface area contributed by atoms with Crippen LogP contribution >= 0.6 is 0 Å². The van der Waals surface area contributed by atoms with Crippen molar-refractivity contribution in [1.29, 1.82) is 0 Å². The molecule has 2 fully saturated rings. The molecule has 2 atom stereocenters. The van der Waals surface area contributed by atoms with Crippen LogP contribution in [0.1, 0.15) is 5.56 Å². The third-order valence-corrected chi connectivity index (χ3v) is 4.80. The van der Waals surface area contributed by atoms with Gasteiger partial charge in [0.05, 0.1) is 5.92 Å². The van der Waals surface area contributed by atoms with Crippen molar-refractivity contribution in [3.8, 4) is 0 Å². The zero-order chi connectivity index (χ0) is 15.5. The van der Waals surface area contributed by atoms with Crippen molar-refractivity contribution in [2.75, 3.05) is 46.3 Å². The molecule has 2 aliphatic heterocycles. The summed E-state index contributed by atoms with van der Waals surface area (Å²) in [5.41, 5.74) is 1.35. The largest absolute Gasteiger partial charge is 0.481 e. The molecule has 0 aliphatic carbocycles. The number of benzene rings is 1. The van der Waals surface area contributed by atoms with Gasteiger partial charge in [-0.05, 0) is 12.6 Å². The van der Waals surface area contributed by atoms with Crippen molar-refractivity contribution < 1.29 is 9.90 Å². The van der Waals surface area contributed by atoms with Gasteiger partial charge in [-0.25, -0.2) is 0 Å². The molecule has 120 valence electrons. The van der Waals surface area contributed by atoms with E-state index >= 15 is 0 Å². The van der Waals surface area contributed by atoms with Gasteiger partial charge in [0.1, 0.15) is 0 Å². The van der Waals surface area contributed by atoms with Gasteiger partial charge in [-0.2, -0.15) is 0 Å². The molecular formula is C17H25N3O2. The minimum atomic E-state index is -0.667. The van der Waals surface area contributed by atoms with E-state index in [0.717, 1.165) is 32.7 Å². The number of aliphatic carboxylic acids is 1. The molecule has 2 saturated heterocycles. The number of piperazine rings is 1. The number of hydrogen-bond donors (Lipinski definition) is 1. The second kappa shape index (κ2) is 6.77. The average molecular weight is 303 g/mol. The summed E-state index contributed by atoms with van der Waals surface area (Å²) in [5, 5.41) is 9.35. The summed E-state index contributed by atoms with van der Waals surface area (Å²) in [5.74, 6) is -0.935. The van der Waals surface area contributed by atoms with E-state index in [0.29, 0.717) is 19.1 Å². The van der Waals surface area contributed by atoms with Gasteiger partial charge in [-0.3, -0.25) is 14.6 Å². The molecule has 2 heterocycles. The Morgan fingerprint density at radius 2 is 1.91 bits per heavy atom. The Morgan fingerprint density at radius 1 is 1.14 bits per heavy atom. The lowest BCUT2D eigenvalue weighted by molar-refractivity contribution is -0.142. The minimum Gasteiger partial charge on any atom is -0.481 e. The van der Waals surface area contributed by atoms with Crippen molar-refractivity contribution in [2.24, 2.45) is 5.92 Å². The van der Waals surface area contributed by atoms with Crippen molar-refractivity contribution >= 4 is 5.97 Å². The zero-order valence-electron chi connectivity index (χ0n) is 13.2. The highest BCUT2D eigenvalue weighted by molar-refractivity contribution is 5.70. The number of carbonyl (C=O) groups is 1. The van der Waals surface area contributed by atoms with Crippen LogP contribution in [0.3, 0.4) is 0 Å². The van der Waals surface area contributed by atoms with Crippen LogP contribution in [0.25, 0.3) is 0 Å². The van der Waals surface area contributed by atoms with Gasteiger partial charge < -0.3 is 10.0 Å². The molecular weight excluding hydrogens is 278 g/mol. The number of carboxylic acid groups (broad SMARTS) is 1. The standard InChI is InChI=1S/C17H25N3O2/c1-18-10-15(17(21)22)11-20-8-7-19(13-16(20)12-18)9-14-5-3-2-4-6-14/h2-6,15-16H,7-13H2,1H3,(H,21,22)/t15-,16+/m1/s1. The molecule has 1 N–H and O–H groups in total. The molecule has 2 aliphatic rings. The maximum Gasteiger partial charge on any atom is 0.309 e. The molecule has 5 heteroatoms. The summed E-state index contributed by atoms with van der Waals surface area (Å²) in [6, 6.07) is 11.0. The van der Waals surface area contributed by atoms with Gasteiger partial charge in [0.15, 0.2) is 0 Å². The number of nitrogens with zero attached hydrogens (tertiary/aromatic N) is 3. The maximum absolute atomic E-state index is 11.4. The van der Waals surface area contributed by atoms with Crippen LogP contribution in [-0.2, 0) is 11.3 Å². The van der Waals surface area contributed by atoms with Crippen molar-refractivity contribution in [2.45, 2.75) is 12.6 Å². The van der Waals surface area contributed by atoms with Gasteiger partial charge in [0, 0.05) is 51.9 Å². The topological polar surface area (TPSA) is 47.0 Å². The lowest BCUT2D eigenvalue weighted by Gasteiger charge is -2.41. The second-order valence-corrected chi connectivity index (χ2v) is 6.63. The first kappa shape index (κ1) is 15.5. The van der Waals surface area contributed by atoms with Gasteiger partial charge in [-0.15, -0.1) is 0 Å². The van der Waals surface area contributed by atoms with Gasteiger partial charge in [0.2, 0.25) is 0 Å². The molecule has 0 spiro atoms. The van der Waals surface area contributed by atoms with Crippen LogP contribution in [0.4, 0.5) is 0 Å². The summed E-state index contributed by atoms with van der Waals surface area (Å²) < 4.78 is 0. The summed E-state index contributed by atoms with van der Waals surface area (Å²) in [6.07, 6.45) is 0. The van der Waals surface area contributed by atoms with E-state index in [-0.39, 0.29) is 5.92 Å². The molecule has 22 heavy (non-hydrogen) atoms. The number of fused-ring (bicyclic) bond motifs is 1. The fraction of sp³-hybridized carbons (Fsp3) is 0.588. The van der Waals surface area contributed by atoms with Crippen LogP contribution < -0.4 is 0 Å². The van der Waals surface area contributed by atoms with E-state index in [1.165, 1.54) is 5.56 Å². The minimum absolute atomic E-state index is 0.268. The number of carboxylic acids is 1. The third-order valence-electron chi connectivity index (χ3n) is 4.80. The first-order valence-corrected chi connectivity index (χ1v) is 8.03. The average Bonchev–Trinajstić information content (AvgIpc) is 2.66. The lowest BCUT2D eigenvalue weighted by atomic mass is 10.1. The fourth-order valence-electron chi connectivity index (χ4n) is 3.66. The summed E-state index contributed by atoms with van der Waals surface area (Å²) in [4.78, 5) is 18.4. The van der Waals surface area contributed by atoms with E-state index in [1.807, 2.05) is 13.1 Å². The highest BCUT2D eigenvalue weighted by Gasteiger charge is 2.35. The number of rotatable bonds is 3. The molecule has 0 aromatic heterocycles. The molecule has 1 aromatic carbocycles. The zero-order valence-corrected chi connectivity index (χ0v) is 13.2. The van der Waals surface area contributed by atoms with Gasteiger partial charge in [0.25, 0.3) is 0 Å². The molecule has 0 radical (unpaired) electrons. The first-order valence-electron chi connectivity index (χ1n) is 8.03. The number of likely N-dealkylation sites (N-methyl/N-ethyl adjacent to an activating group) is 1. The summed E-state index contributed by atoms with van der Waals surface area (Å²) >= 11 is 0. The van der Waals surface area contributed by atoms with Crippen LogP contribution in [0, 0.1) is 5.92 Å². The SMILES string of the molecule is CN1C[C@@H](C(=O)O)CN2CCN(Cc3ccccc3)C[C@@H]2C1. The molecule has 0 saturated carbocycles. The fourth-order valence-corrected chi connectivity index (χ4v) is 3.66. The second-order valence-electron chi connectivity index (χ2n) is 6.63. The first-order chi connectivity index (χ1) is 10.6. The normalized spacial score (nSPS) is 28.0. The third kappa shape index (κ3) is 3.66. The van der Waals surface area contributed by atoms with Crippen LogP contribution in [0.5, 0.6) is 0 Å². The van der Waals surface area contributed by atoms with E-state index in [1.54, 1.807) is 0 Å². The van der Waals surface area contributed by atoms with E-state index in [4.69, 9.17) is 0 Å². The molecule has 0 unspecified atom stereocenters. The molecule has 3 rings (SSSR count). The van der Waals surface area contributed by atoms with Crippen molar-refractivity contribution in [1.82, 2.24) is 14.7 Å². The monoisotopic (exact) mass is 303 g/mol. The Hall–Kier alpha value is -1.43. The van der Waals surface area contributed by atoms with Crippen LogP contribution in [-0.4, -0.2) is 78.1 Å². The predicted octanol–water partition coefficient (Wildman–Crippen LogP) is 0.819. The van der Waals surface area contributed by atoms with Crippen LogP contribution in [0.15, 0.2) is 30.3 Å². The predicted molar refractivity (Wildman–Crippen MR) is 85.7 cm³/mol. The van der Waals surface area contributed by atoms with E-state index < -0.39 is 5.97 Å². The Kier molecular flexibility index (Phi) is 4.76. The smallest absolute Gasteiger partial charge is 0.309 e. The van der Waals surface area contributed by atoms with E-state index in [2.05, 4.69) is 39.0 Å². The lowest BCUT2D eigenvalue weighted by Crippen LogP contribution is -2.55. The molecule has 1 aromatic rings. The maximum atomic E-state index is 11.4. The van der Waals surface area contributed by atoms with Crippen molar-refractivity contribution in [3.63, 3.8) is 0 Å². The Labute approximate surface area is 132 Å². The summed E-state index contributed by atoms with van der Waals surface area (Å²) in [7, 11) is 2.04. The van der Waals surface area contributed by atoms with E-state index in [9.17, 15) is 9.90 Å². The summed E-state index contributed by atoms with van der Waals surface area (Å²) in [6.45, 7) is 6.28. The molecule has 0 bridgehead atoms. The number of hydrogen-bond acceptors (Lipinski definition) is 4. The van der Waals surface area contributed by atoms with Crippen LogP contribution in [0.2, 0.25) is 0 Å². The quantitative estimate of drug-likeness (QED) is 0.896. The highest BCUT2D eigenvalue weighted by atomic mass is 16.4. The Bertz CT molecular complexity index is 508. The Morgan fingerprint density at radius 3 is 2.64 bits per heavy atom. The van der Waals surface area contributed by atoms with Crippen molar-refractivity contribution in [3.05, 3.63) is 35.9 Å². The molecule has 0 amide bonds.